The van der Waals surface area contributed by atoms with Crippen molar-refractivity contribution in [3.8, 4) is 6.07 Å². The van der Waals surface area contributed by atoms with Gasteiger partial charge in [-0.3, -0.25) is 4.79 Å². The van der Waals surface area contributed by atoms with E-state index in [9.17, 15) is 10.1 Å². The highest BCUT2D eigenvalue weighted by molar-refractivity contribution is 7.80. The number of amides is 1. The van der Waals surface area contributed by atoms with Crippen LogP contribution in [-0.2, 0) is 17.6 Å². The van der Waals surface area contributed by atoms with Crippen molar-refractivity contribution in [2.75, 3.05) is 5.32 Å². The second-order valence-corrected chi connectivity index (χ2v) is 10.3. The summed E-state index contributed by atoms with van der Waals surface area (Å²) in [7, 11) is 0. The molecule has 1 aromatic rings. The van der Waals surface area contributed by atoms with Gasteiger partial charge in [0.1, 0.15) is 11.1 Å². The highest BCUT2D eigenvalue weighted by Crippen LogP contribution is 2.43. The number of hydrogen-bond acceptors (Lipinski definition) is 4. The predicted molar refractivity (Wildman–Crippen MR) is 108 cm³/mol. The molecule has 1 aliphatic rings. The van der Waals surface area contributed by atoms with E-state index in [4.69, 9.17) is 12.2 Å². The van der Waals surface area contributed by atoms with Crippen LogP contribution in [0.2, 0.25) is 0 Å². The molecule has 0 saturated heterocycles. The van der Waals surface area contributed by atoms with E-state index in [2.05, 4.69) is 37.5 Å². The van der Waals surface area contributed by atoms with Gasteiger partial charge in [0.25, 0.3) is 0 Å². The molecule has 1 heterocycles. The van der Waals surface area contributed by atoms with Gasteiger partial charge in [-0.2, -0.15) is 5.26 Å². The number of nitriles is 1. The summed E-state index contributed by atoms with van der Waals surface area (Å²) in [6, 6.07) is 2.32. The first-order valence-electron chi connectivity index (χ1n) is 8.60. The smallest absolute Gasteiger partial charge is 0.231 e. The third-order valence-corrected chi connectivity index (χ3v) is 6.11. The minimum atomic E-state index is -0.515. The Labute approximate surface area is 160 Å². The van der Waals surface area contributed by atoms with E-state index in [1.54, 1.807) is 11.3 Å². The number of thiocarbonyl (C=S) groups is 1. The van der Waals surface area contributed by atoms with Crippen molar-refractivity contribution in [3.63, 3.8) is 0 Å². The van der Waals surface area contributed by atoms with Gasteiger partial charge in [-0.25, -0.2) is 0 Å². The van der Waals surface area contributed by atoms with Crippen LogP contribution in [0.1, 0.15) is 64.0 Å². The summed E-state index contributed by atoms with van der Waals surface area (Å²) in [5.74, 6) is 0.475. The summed E-state index contributed by atoms with van der Waals surface area (Å²) < 4.78 is 0. The van der Waals surface area contributed by atoms with Gasteiger partial charge in [-0.1, -0.05) is 41.5 Å². The van der Waals surface area contributed by atoms with E-state index >= 15 is 0 Å². The lowest BCUT2D eigenvalue weighted by molar-refractivity contribution is -0.126. The molecule has 25 heavy (non-hydrogen) atoms. The maximum atomic E-state index is 12.1. The Hall–Kier alpha value is -1.45. The summed E-state index contributed by atoms with van der Waals surface area (Å²) in [4.78, 5) is 13.3. The minimum absolute atomic E-state index is 0.141. The molecule has 6 heteroatoms. The molecule has 0 spiro atoms. The van der Waals surface area contributed by atoms with Crippen LogP contribution in [0.15, 0.2) is 0 Å². The van der Waals surface area contributed by atoms with Gasteiger partial charge in [0.2, 0.25) is 5.91 Å². The fraction of sp³-hybridized carbons (Fsp3) is 0.632. The highest BCUT2D eigenvalue weighted by Gasteiger charge is 2.32. The zero-order valence-corrected chi connectivity index (χ0v) is 17.5. The number of thiophene rings is 1. The standard InChI is InChI=1S/C19H27N3OS2/c1-18(2,3)11-7-8-12-13(10-20)15(25-14(12)9-11)21-17(24)22-16(23)19(4,5)6/h11H,7-9H2,1-6H3,(H2,21,22,23,24)/t11-/m0/s1. The number of carbonyl (C=O) groups is 1. The highest BCUT2D eigenvalue weighted by atomic mass is 32.1. The maximum absolute atomic E-state index is 12.1. The number of carbonyl (C=O) groups excluding carboxylic acids is 1. The van der Waals surface area contributed by atoms with Gasteiger partial charge < -0.3 is 10.6 Å². The van der Waals surface area contributed by atoms with E-state index in [1.165, 1.54) is 4.88 Å². The number of rotatable bonds is 1. The molecule has 136 valence electrons. The Morgan fingerprint density at radius 2 is 1.92 bits per heavy atom. The van der Waals surface area contributed by atoms with Gasteiger partial charge >= 0.3 is 0 Å². The number of anilines is 1. The van der Waals surface area contributed by atoms with Crippen molar-refractivity contribution in [3.05, 3.63) is 16.0 Å². The van der Waals surface area contributed by atoms with Crippen LogP contribution in [0, 0.1) is 28.1 Å². The van der Waals surface area contributed by atoms with Crippen LogP contribution in [0.5, 0.6) is 0 Å². The largest absolute Gasteiger partial charge is 0.323 e. The molecule has 1 amide bonds. The van der Waals surface area contributed by atoms with Crippen LogP contribution in [0.4, 0.5) is 5.00 Å². The van der Waals surface area contributed by atoms with E-state index in [1.807, 2.05) is 20.8 Å². The predicted octanol–water partition coefficient (Wildman–Crippen LogP) is 4.63. The molecule has 0 saturated carbocycles. The SMILES string of the molecule is CC(C)(C)C(=O)NC(=S)Nc1sc2c(c1C#N)CC[C@H](C(C)(C)C)C2. The van der Waals surface area contributed by atoms with Crippen molar-refractivity contribution in [2.24, 2.45) is 16.7 Å². The summed E-state index contributed by atoms with van der Waals surface area (Å²) >= 11 is 6.86. The van der Waals surface area contributed by atoms with E-state index in [0.717, 1.165) is 29.8 Å². The molecule has 0 aromatic carbocycles. The average molecular weight is 378 g/mol. The van der Waals surface area contributed by atoms with Gasteiger partial charge in [0.05, 0.1) is 5.56 Å². The molecule has 0 radical (unpaired) electrons. The fourth-order valence-electron chi connectivity index (χ4n) is 2.96. The summed E-state index contributed by atoms with van der Waals surface area (Å²) in [5, 5.41) is 16.4. The first kappa shape index (κ1) is 19.9. The zero-order valence-electron chi connectivity index (χ0n) is 15.9. The van der Waals surface area contributed by atoms with Crippen molar-refractivity contribution in [2.45, 2.75) is 60.8 Å². The minimum Gasteiger partial charge on any atom is -0.323 e. The van der Waals surface area contributed by atoms with Gasteiger partial charge in [0, 0.05) is 10.3 Å². The van der Waals surface area contributed by atoms with Crippen LogP contribution >= 0.6 is 23.6 Å². The first-order valence-corrected chi connectivity index (χ1v) is 9.83. The van der Waals surface area contributed by atoms with Crippen molar-refractivity contribution >= 4 is 39.6 Å². The average Bonchev–Trinajstić information content (AvgIpc) is 2.80. The normalized spacial score (nSPS) is 17.4. The van der Waals surface area contributed by atoms with Crippen LogP contribution in [0.3, 0.4) is 0 Å². The van der Waals surface area contributed by atoms with E-state index in [-0.39, 0.29) is 16.4 Å². The summed E-state index contributed by atoms with van der Waals surface area (Å²) in [5.41, 5.74) is 1.58. The van der Waals surface area contributed by atoms with Crippen LogP contribution < -0.4 is 10.6 Å². The number of fused-ring (bicyclic) bond motifs is 1. The van der Waals surface area contributed by atoms with Crippen LogP contribution in [-0.4, -0.2) is 11.0 Å². The van der Waals surface area contributed by atoms with E-state index in [0.29, 0.717) is 11.5 Å². The monoisotopic (exact) mass is 377 g/mol. The zero-order chi connectivity index (χ0) is 19.0. The Balaban J connectivity index is 2.19. The topological polar surface area (TPSA) is 64.9 Å². The molecule has 2 N–H and O–H groups in total. The molecule has 0 aliphatic heterocycles. The fourth-order valence-corrected chi connectivity index (χ4v) is 4.50. The first-order chi connectivity index (χ1) is 11.4. The lowest BCUT2D eigenvalue weighted by Crippen LogP contribution is -2.41. The molecule has 1 aliphatic carbocycles. The third kappa shape index (κ3) is 4.59. The lowest BCUT2D eigenvalue weighted by atomic mass is 9.72. The summed E-state index contributed by atoms with van der Waals surface area (Å²) in [6.07, 6.45) is 3.03. The van der Waals surface area contributed by atoms with E-state index < -0.39 is 5.41 Å². The molecule has 1 atom stereocenters. The second-order valence-electron chi connectivity index (χ2n) is 8.78. The van der Waals surface area contributed by atoms with Crippen molar-refractivity contribution < 1.29 is 4.79 Å². The third-order valence-electron chi connectivity index (χ3n) is 4.74. The maximum Gasteiger partial charge on any atom is 0.231 e. The molecular formula is C19H27N3OS2. The summed E-state index contributed by atoms with van der Waals surface area (Å²) in [6.45, 7) is 12.3. The van der Waals surface area contributed by atoms with Crippen LogP contribution in [0.25, 0.3) is 0 Å². The number of nitrogens with zero attached hydrogens (tertiary/aromatic N) is 1. The second kappa shape index (κ2) is 7.05. The molecule has 4 nitrogen and oxygen atoms in total. The lowest BCUT2D eigenvalue weighted by Gasteiger charge is -2.33. The van der Waals surface area contributed by atoms with Gasteiger partial charge in [-0.05, 0) is 48.4 Å². The molecular weight excluding hydrogens is 350 g/mol. The van der Waals surface area contributed by atoms with Crippen molar-refractivity contribution in [1.29, 1.82) is 5.26 Å². The quantitative estimate of drug-likeness (QED) is 0.700. The molecule has 0 bridgehead atoms. The Morgan fingerprint density at radius 1 is 1.28 bits per heavy atom. The number of hydrogen-bond donors (Lipinski definition) is 2. The molecule has 0 unspecified atom stereocenters. The van der Waals surface area contributed by atoms with Crippen molar-refractivity contribution in [1.82, 2.24) is 5.32 Å². The van der Waals surface area contributed by atoms with Gasteiger partial charge in [0.15, 0.2) is 5.11 Å². The van der Waals surface area contributed by atoms with Gasteiger partial charge in [-0.15, -0.1) is 11.3 Å². The Morgan fingerprint density at radius 3 is 2.44 bits per heavy atom. The number of nitrogens with one attached hydrogen (secondary N) is 2. The molecule has 2 rings (SSSR count). The molecule has 0 fully saturated rings. The Kier molecular flexibility index (Phi) is 5.60. The molecule has 1 aromatic heterocycles. The Bertz CT molecular complexity index is 730.